The summed E-state index contributed by atoms with van der Waals surface area (Å²) in [6.45, 7) is 1.49. The Morgan fingerprint density at radius 1 is 1.40 bits per heavy atom. The molecule has 0 saturated heterocycles. The van der Waals surface area contributed by atoms with Gasteiger partial charge in [0.2, 0.25) is 0 Å². The second-order valence-corrected chi connectivity index (χ2v) is 3.59. The van der Waals surface area contributed by atoms with Crippen molar-refractivity contribution in [2.75, 3.05) is 7.11 Å². The fraction of sp³-hybridized carbons (Fsp3) is 0.273. The van der Waals surface area contributed by atoms with Crippen LogP contribution in [0.15, 0.2) is 18.2 Å². The number of benzene rings is 1. The molecule has 3 nitrogen and oxygen atoms in total. The van der Waals surface area contributed by atoms with Crippen LogP contribution in [0.5, 0.6) is 0 Å². The molecule has 0 atom stereocenters. The van der Waals surface area contributed by atoms with Crippen LogP contribution in [0.1, 0.15) is 22.8 Å². The van der Waals surface area contributed by atoms with Gasteiger partial charge in [-0.15, -0.1) is 0 Å². The number of hydrogen-bond acceptors (Lipinski definition) is 3. The zero-order valence-electron chi connectivity index (χ0n) is 8.54. The van der Waals surface area contributed by atoms with Gasteiger partial charge < -0.3 is 4.74 Å². The molecular weight excluding hydrogens is 216 g/mol. The third kappa shape index (κ3) is 3.06. The van der Waals surface area contributed by atoms with Crippen LogP contribution in [-0.4, -0.2) is 18.9 Å². The van der Waals surface area contributed by atoms with Crippen molar-refractivity contribution in [3.8, 4) is 0 Å². The Balaban J connectivity index is 3.05. The highest BCUT2D eigenvalue weighted by atomic mass is 35.5. The summed E-state index contributed by atoms with van der Waals surface area (Å²) in [6.07, 6.45) is 0.293. The average Bonchev–Trinajstić information content (AvgIpc) is 2.19. The van der Waals surface area contributed by atoms with Crippen LogP contribution in [0, 0.1) is 0 Å². The first-order valence-corrected chi connectivity index (χ1v) is 4.78. The Labute approximate surface area is 93.0 Å². The van der Waals surface area contributed by atoms with E-state index in [0.29, 0.717) is 11.4 Å². The van der Waals surface area contributed by atoms with Crippen LogP contribution >= 0.6 is 11.6 Å². The van der Waals surface area contributed by atoms with Crippen LogP contribution in [-0.2, 0) is 16.0 Å². The van der Waals surface area contributed by atoms with E-state index in [0.717, 1.165) is 5.56 Å². The normalized spacial score (nSPS) is 9.80. The summed E-state index contributed by atoms with van der Waals surface area (Å²) >= 11 is 5.82. The number of methoxy groups -OCH3 is 1. The molecule has 0 unspecified atom stereocenters. The van der Waals surface area contributed by atoms with Gasteiger partial charge >= 0.3 is 5.97 Å². The Morgan fingerprint density at radius 2 is 2.07 bits per heavy atom. The van der Waals surface area contributed by atoms with Gasteiger partial charge in [0, 0.05) is 6.42 Å². The van der Waals surface area contributed by atoms with E-state index < -0.39 is 5.97 Å². The second kappa shape index (κ2) is 4.94. The quantitative estimate of drug-likeness (QED) is 0.743. The molecule has 1 aromatic rings. The predicted octanol–water partition coefficient (Wildman–Crippen LogP) is 2.26. The Kier molecular flexibility index (Phi) is 3.86. The molecule has 0 N–H and O–H groups in total. The summed E-state index contributed by atoms with van der Waals surface area (Å²) in [5, 5.41) is 0.328. The minimum Gasteiger partial charge on any atom is -0.465 e. The van der Waals surface area contributed by atoms with Gasteiger partial charge in [0.1, 0.15) is 5.78 Å². The molecule has 0 heterocycles. The Morgan fingerprint density at radius 3 is 2.60 bits per heavy atom. The van der Waals surface area contributed by atoms with Gasteiger partial charge in [0.15, 0.2) is 0 Å². The van der Waals surface area contributed by atoms with E-state index in [4.69, 9.17) is 11.6 Å². The largest absolute Gasteiger partial charge is 0.465 e. The van der Waals surface area contributed by atoms with E-state index in [9.17, 15) is 9.59 Å². The molecule has 0 radical (unpaired) electrons. The molecule has 1 aromatic carbocycles. The molecule has 1 rings (SSSR count). The summed E-state index contributed by atoms with van der Waals surface area (Å²) in [4.78, 5) is 22.2. The van der Waals surface area contributed by atoms with Crippen LogP contribution in [0.2, 0.25) is 5.02 Å². The summed E-state index contributed by atoms with van der Waals surface area (Å²) in [5.41, 5.74) is 1.05. The highest BCUT2D eigenvalue weighted by molar-refractivity contribution is 6.33. The first-order valence-electron chi connectivity index (χ1n) is 4.40. The number of ketones is 1. The first kappa shape index (κ1) is 11.7. The highest BCUT2D eigenvalue weighted by Gasteiger charge is 2.11. The molecule has 15 heavy (non-hydrogen) atoms. The minimum atomic E-state index is -0.495. The summed E-state index contributed by atoms with van der Waals surface area (Å²) < 4.78 is 4.57. The summed E-state index contributed by atoms with van der Waals surface area (Å²) in [7, 11) is 1.29. The van der Waals surface area contributed by atoms with E-state index in [1.54, 1.807) is 18.2 Å². The fourth-order valence-corrected chi connectivity index (χ4v) is 1.43. The lowest BCUT2D eigenvalue weighted by Crippen LogP contribution is -2.04. The lowest BCUT2D eigenvalue weighted by molar-refractivity contribution is -0.116. The maximum absolute atomic E-state index is 11.3. The summed E-state index contributed by atoms with van der Waals surface area (Å²) in [6, 6.07) is 4.89. The lowest BCUT2D eigenvalue weighted by Gasteiger charge is -2.04. The van der Waals surface area contributed by atoms with E-state index in [-0.39, 0.29) is 11.3 Å². The molecule has 0 aliphatic rings. The molecule has 0 amide bonds. The van der Waals surface area contributed by atoms with Crippen molar-refractivity contribution in [3.63, 3.8) is 0 Å². The Bertz CT molecular complexity index is 399. The van der Waals surface area contributed by atoms with Crippen molar-refractivity contribution < 1.29 is 14.3 Å². The minimum absolute atomic E-state index is 0.0353. The van der Waals surface area contributed by atoms with Crippen molar-refractivity contribution in [3.05, 3.63) is 34.3 Å². The monoisotopic (exact) mass is 226 g/mol. The van der Waals surface area contributed by atoms with Gasteiger partial charge in [-0.3, -0.25) is 4.79 Å². The van der Waals surface area contributed by atoms with Crippen LogP contribution < -0.4 is 0 Å². The number of carbonyl (C=O) groups excluding carboxylic acids is 2. The molecule has 0 aliphatic carbocycles. The van der Waals surface area contributed by atoms with E-state index >= 15 is 0 Å². The molecule has 0 aliphatic heterocycles. The molecule has 0 saturated carbocycles. The topological polar surface area (TPSA) is 43.4 Å². The third-order valence-corrected chi connectivity index (χ3v) is 2.22. The molecule has 0 spiro atoms. The summed E-state index contributed by atoms with van der Waals surface area (Å²) in [5.74, 6) is -0.460. The molecule has 0 bridgehead atoms. The van der Waals surface area contributed by atoms with Gasteiger partial charge in [0.25, 0.3) is 0 Å². The van der Waals surface area contributed by atoms with Crippen LogP contribution in [0.3, 0.4) is 0 Å². The molecule has 0 fully saturated rings. The van der Waals surface area contributed by atoms with Crippen molar-refractivity contribution in [1.29, 1.82) is 0 Å². The molecule has 4 heteroatoms. The predicted molar refractivity (Wildman–Crippen MR) is 57.2 cm³/mol. The lowest BCUT2D eigenvalue weighted by atomic mass is 10.1. The molecule has 80 valence electrons. The highest BCUT2D eigenvalue weighted by Crippen LogP contribution is 2.18. The maximum Gasteiger partial charge on any atom is 0.339 e. The standard InChI is InChI=1S/C11H11ClO3/c1-7(13)5-8-3-4-10(12)9(6-8)11(14)15-2/h3-4,6H,5H2,1-2H3. The number of rotatable bonds is 3. The van der Waals surface area contributed by atoms with Gasteiger partial charge in [-0.1, -0.05) is 17.7 Å². The fourth-order valence-electron chi connectivity index (χ4n) is 1.24. The van der Waals surface area contributed by atoms with Crippen molar-refractivity contribution in [2.24, 2.45) is 0 Å². The van der Waals surface area contributed by atoms with Crippen molar-refractivity contribution in [1.82, 2.24) is 0 Å². The third-order valence-electron chi connectivity index (χ3n) is 1.89. The number of Topliss-reactive ketones (excluding diaryl/α,β-unsaturated/α-hetero) is 1. The van der Waals surface area contributed by atoms with Crippen molar-refractivity contribution in [2.45, 2.75) is 13.3 Å². The smallest absolute Gasteiger partial charge is 0.339 e. The maximum atomic E-state index is 11.3. The number of esters is 1. The average molecular weight is 227 g/mol. The first-order chi connectivity index (χ1) is 7.04. The Hall–Kier alpha value is -1.35. The van der Waals surface area contributed by atoms with Gasteiger partial charge in [-0.25, -0.2) is 4.79 Å². The van der Waals surface area contributed by atoms with Crippen LogP contribution in [0.4, 0.5) is 0 Å². The number of hydrogen-bond donors (Lipinski definition) is 0. The zero-order chi connectivity index (χ0) is 11.4. The zero-order valence-corrected chi connectivity index (χ0v) is 9.30. The van der Waals surface area contributed by atoms with E-state index in [2.05, 4.69) is 4.74 Å². The van der Waals surface area contributed by atoms with Gasteiger partial charge in [-0.05, 0) is 24.6 Å². The van der Waals surface area contributed by atoms with Crippen molar-refractivity contribution >= 4 is 23.4 Å². The SMILES string of the molecule is COC(=O)c1cc(CC(C)=O)ccc1Cl. The van der Waals surface area contributed by atoms with Gasteiger partial charge in [-0.2, -0.15) is 0 Å². The number of ether oxygens (including phenoxy) is 1. The second-order valence-electron chi connectivity index (χ2n) is 3.18. The van der Waals surface area contributed by atoms with E-state index in [1.165, 1.54) is 14.0 Å². The van der Waals surface area contributed by atoms with E-state index in [1.807, 2.05) is 0 Å². The molecule has 0 aromatic heterocycles. The van der Waals surface area contributed by atoms with Crippen LogP contribution in [0.25, 0.3) is 0 Å². The molecular formula is C11H11ClO3. The number of halogens is 1. The number of carbonyl (C=O) groups is 2. The van der Waals surface area contributed by atoms with Gasteiger partial charge in [0.05, 0.1) is 17.7 Å².